The number of anilines is 1. The molecule has 1 N–H and O–H groups in total. The van der Waals surface area contributed by atoms with Crippen molar-refractivity contribution in [2.45, 2.75) is 6.42 Å². The molecule has 0 aromatic heterocycles. The van der Waals surface area contributed by atoms with Gasteiger partial charge in [-0.05, 0) is 42.3 Å². The Kier molecular flexibility index (Phi) is 6.43. The van der Waals surface area contributed by atoms with E-state index in [1.165, 1.54) is 0 Å². The second-order valence-electron chi connectivity index (χ2n) is 5.94. The molecule has 27 heavy (non-hydrogen) atoms. The average molecular weight is 443 g/mol. The molecule has 0 saturated carbocycles. The van der Waals surface area contributed by atoms with Crippen LogP contribution in [0.3, 0.4) is 0 Å². The van der Waals surface area contributed by atoms with Crippen LogP contribution in [0.1, 0.15) is 31.8 Å². The van der Waals surface area contributed by atoms with Gasteiger partial charge in [-0.1, -0.05) is 70.0 Å². The maximum atomic E-state index is 13.2. The van der Waals surface area contributed by atoms with Gasteiger partial charge in [-0.3, -0.25) is 9.59 Å². The summed E-state index contributed by atoms with van der Waals surface area (Å²) in [5.74, 6) is -0.446. The number of nitrogens with one attached hydrogen (secondary N) is 1. The molecule has 0 unspecified atom stereocenters. The summed E-state index contributed by atoms with van der Waals surface area (Å²) >= 11 is 9.55. The zero-order valence-corrected chi connectivity index (χ0v) is 16.8. The lowest BCUT2D eigenvalue weighted by Crippen LogP contribution is -2.16. The van der Waals surface area contributed by atoms with Crippen molar-refractivity contribution in [3.63, 3.8) is 0 Å². The summed E-state index contributed by atoms with van der Waals surface area (Å²) in [6.07, 6.45) is 0.730. The maximum absolute atomic E-state index is 13.2. The highest BCUT2D eigenvalue weighted by atomic mass is 79.9. The molecule has 0 bridgehead atoms. The first-order valence-corrected chi connectivity index (χ1v) is 9.94. The van der Waals surface area contributed by atoms with Crippen LogP contribution in [-0.2, 0) is 6.42 Å². The van der Waals surface area contributed by atoms with E-state index in [9.17, 15) is 9.59 Å². The van der Waals surface area contributed by atoms with Crippen LogP contribution in [0.4, 0.5) is 5.69 Å². The lowest BCUT2D eigenvalue weighted by molar-refractivity contribution is 0.102. The van der Waals surface area contributed by atoms with E-state index in [-0.39, 0.29) is 11.7 Å². The third kappa shape index (κ3) is 4.65. The number of rotatable bonds is 6. The predicted octanol–water partition coefficient (Wildman–Crippen LogP) is 5.76. The van der Waals surface area contributed by atoms with Crippen molar-refractivity contribution in [2.24, 2.45) is 0 Å². The molecule has 1 amide bonds. The molecule has 0 heterocycles. The van der Waals surface area contributed by atoms with Crippen LogP contribution >= 0.6 is 27.5 Å². The van der Waals surface area contributed by atoms with E-state index in [0.29, 0.717) is 27.4 Å². The van der Waals surface area contributed by atoms with Gasteiger partial charge in [0.2, 0.25) is 0 Å². The number of ketones is 1. The van der Waals surface area contributed by atoms with Crippen LogP contribution in [0.5, 0.6) is 0 Å². The largest absolute Gasteiger partial charge is 0.321 e. The molecule has 5 heteroatoms. The molecule has 0 saturated heterocycles. The molecule has 3 rings (SSSR count). The molecule has 0 aliphatic heterocycles. The number of carbonyl (C=O) groups is 2. The van der Waals surface area contributed by atoms with E-state index >= 15 is 0 Å². The quantitative estimate of drug-likeness (QED) is 0.389. The zero-order chi connectivity index (χ0) is 19.2. The Morgan fingerprint density at radius 2 is 1.59 bits per heavy atom. The van der Waals surface area contributed by atoms with Crippen molar-refractivity contribution in [3.8, 4) is 0 Å². The molecule has 0 spiro atoms. The first kappa shape index (κ1) is 19.3. The highest BCUT2D eigenvalue weighted by Gasteiger charge is 2.19. The Morgan fingerprint density at radius 3 is 2.33 bits per heavy atom. The fourth-order valence-electron chi connectivity index (χ4n) is 2.80. The zero-order valence-electron chi connectivity index (χ0n) is 14.4. The number of benzene rings is 3. The van der Waals surface area contributed by atoms with Gasteiger partial charge in [0, 0.05) is 27.0 Å². The summed E-state index contributed by atoms with van der Waals surface area (Å²) in [6, 6.07) is 21.2. The number of aryl methyl sites for hydroxylation is 1. The Bertz CT molecular complexity index is 973. The molecule has 3 aromatic rings. The molecule has 136 valence electrons. The van der Waals surface area contributed by atoms with E-state index < -0.39 is 0 Å². The SMILES string of the molecule is O=C(Nc1ccc(Cl)cc1C(=O)c1ccccc1CCBr)c1ccccc1. The van der Waals surface area contributed by atoms with Gasteiger partial charge in [0.1, 0.15) is 0 Å². The summed E-state index contributed by atoms with van der Waals surface area (Å²) in [7, 11) is 0. The molecule has 0 aliphatic carbocycles. The summed E-state index contributed by atoms with van der Waals surface area (Å²) < 4.78 is 0. The number of hydrogen-bond acceptors (Lipinski definition) is 2. The smallest absolute Gasteiger partial charge is 0.255 e. The summed E-state index contributed by atoms with van der Waals surface area (Å²) in [5, 5.41) is 4.02. The summed E-state index contributed by atoms with van der Waals surface area (Å²) in [6.45, 7) is 0. The minimum Gasteiger partial charge on any atom is -0.321 e. The third-order valence-electron chi connectivity index (χ3n) is 4.14. The van der Waals surface area contributed by atoms with Gasteiger partial charge >= 0.3 is 0 Å². The molecular weight excluding hydrogens is 426 g/mol. The lowest BCUT2D eigenvalue weighted by atomic mass is 9.96. The fourth-order valence-corrected chi connectivity index (χ4v) is 3.40. The van der Waals surface area contributed by atoms with Gasteiger partial charge in [-0.2, -0.15) is 0 Å². The molecule has 0 fully saturated rings. The predicted molar refractivity (Wildman–Crippen MR) is 113 cm³/mol. The molecule has 3 nitrogen and oxygen atoms in total. The first-order chi connectivity index (χ1) is 13.1. The monoisotopic (exact) mass is 441 g/mol. The van der Waals surface area contributed by atoms with Gasteiger partial charge in [-0.25, -0.2) is 0 Å². The van der Waals surface area contributed by atoms with Gasteiger partial charge in [-0.15, -0.1) is 0 Å². The Morgan fingerprint density at radius 1 is 0.889 bits per heavy atom. The maximum Gasteiger partial charge on any atom is 0.255 e. The number of amides is 1. The highest BCUT2D eigenvalue weighted by molar-refractivity contribution is 9.09. The number of hydrogen-bond donors (Lipinski definition) is 1. The van der Waals surface area contributed by atoms with Crippen molar-refractivity contribution in [1.82, 2.24) is 0 Å². The second kappa shape index (κ2) is 8.98. The van der Waals surface area contributed by atoms with Crippen LogP contribution in [0, 0.1) is 0 Å². The lowest BCUT2D eigenvalue weighted by Gasteiger charge is -2.13. The van der Waals surface area contributed by atoms with Crippen LogP contribution in [-0.4, -0.2) is 17.0 Å². The Balaban J connectivity index is 1.97. The number of alkyl halides is 1. The van der Waals surface area contributed by atoms with Crippen molar-refractivity contribution in [2.75, 3.05) is 10.6 Å². The summed E-state index contributed by atoms with van der Waals surface area (Å²) in [4.78, 5) is 25.7. The van der Waals surface area contributed by atoms with Gasteiger partial charge in [0.25, 0.3) is 5.91 Å². The average Bonchev–Trinajstić information content (AvgIpc) is 2.70. The van der Waals surface area contributed by atoms with Crippen molar-refractivity contribution in [1.29, 1.82) is 0 Å². The number of carbonyl (C=O) groups excluding carboxylic acids is 2. The first-order valence-electron chi connectivity index (χ1n) is 8.44. The van der Waals surface area contributed by atoms with Crippen molar-refractivity contribution < 1.29 is 9.59 Å². The molecular formula is C22H17BrClNO2. The van der Waals surface area contributed by atoms with E-state index in [1.54, 1.807) is 48.5 Å². The Hall–Kier alpha value is -2.43. The van der Waals surface area contributed by atoms with E-state index in [0.717, 1.165) is 17.3 Å². The molecule has 0 atom stereocenters. The van der Waals surface area contributed by atoms with Crippen LogP contribution in [0.2, 0.25) is 5.02 Å². The standard InChI is InChI=1S/C22H17BrClNO2/c23-13-12-15-6-4-5-9-18(15)21(26)19-14-17(24)10-11-20(19)25-22(27)16-7-2-1-3-8-16/h1-11,14H,12-13H2,(H,25,27). The van der Waals surface area contributed by atoms with Gasteiger partial charge in [0.05, 0.1) is 5.69 Å². The summed E-state index contributed by atoms with van der Waals surface area (Å²) in [5.41, 5.74) is 2.88. The van der Waals surface area contributed by atoms with Crippen molar-refractivity contribution in [3.05, 3.63) is 100 Å². The minimum absolute atomic E-state index is 0.169. The van der Waals surface area contributed by atoms with Crippen LogP contribution < -0.4 is 5.32 Å². The van der Waals surface area contributed by atoms with Gasteiger partial charge < -0.3 is 5.32 Å². The fraction of sp³-hybridized carbons (Fsp3) is 0.0909. The topological polar surface area (TPSA) is 46.2 Å². The van der Waals surface area contributed by atoms with Crippen LogP contribution in [0.25, 0.3) is 0 Å². The Labute approximate surface area is 171 Å². The second-order valence-corrected chi connectivity index (χ2v) is 7.16. The van der Waals surface area contributed by atoms with Crippen molar-refractivity contribution >= 4 is 44.9 Å². The number of halogens is 2. The van der Waals surface area contributed by atoms with Crippen LogP contribution in [0.15, 0.2) is 72.8 Å². The highest BCUT2D eigenvalue weighted by Crippen LogP contribution is 2.26. The molecule has 0 radical (unpaired) electrons. The van der Waals surface area contributed by atoms with E-state index in [4.69, 9.17) is 11.6 Å². The molecule has 3 aromatic carbocycles. The van der Waals surface area contributed by atoms with E-state index in [1.807, 2.05) is 24.3 Å². The molecule has 0 aliphatic rings. The van der Waals surface area contributed by atoms with E-state index in [2.05, 4.69) is 21.2 Å². The minimum atomic E-state index is -0.277. The normalized spacial score (nSPS) is 10.4. The third-order valence-corrected chi connectivity index (χ3v) is 4.77. The van der Waals surface area contributed by atoms with Gasteiger partial charge in [0.15, 0.2) is 5.78 Å².